The van der Waals surface area contributed by atoms with Crippen LogP contribution in [0.3, 0.4) is 0 Å². The first-order valence-corrected chi connectivity index (χ1v) is 8.18. The van der Waals surface area contributed by atoms with Gasteiger partial charge in [-0.2, -0.15) is 0 Å². The lowest BCUT2D eigenvalue weighted by Gasteiger charge is -2.14. The average molecular weight is 388 g/mol. The lowest BCUT2D eigenvalue weighted by molar-refractivity contribution is -0.124. The number of nitrogens with one attached hydrogen (secondary N) is 1. The standard InChI is InChI=1S/C16H22BrNO5/c1-5-10(3)18-14(19)9-23-16(20)11-7-12(17)15(22-6-2)13(8-11)21-4/h7-8,10H,5-6,9H2,1-4H3,(H,18,19)/t10-/m0/s1. The van der Waals surface area contributed by atoms with E-state index in [9.17, 15) is 9.59 Å². The molecule has 23 heavy (non-hydrogen) atoms. The first-order chi connectivity index (χ1) is 10.9. The molecule has 7 heteroatoms. The van der Waals surface area contributed by atoms with Crippen LogP contribution in [0.15, 0.2) is 16.6 Å². The van der Waals surface area contributed by atoms with Crippen molar-refractivity contribution < 1.29 is 23.8 Å². The van der Waals surface area contributed by atoms with Crippen LogP contribution in [0.4, 0.5) is 0 Å². The number of benzene rings is 1. The van der Waals surface area contributed by atoms with E-state index in [2.05, 4.69) is 21.2 Å². The molecule has 0 heterocycles. The molecule has 1 amide bonds. The average Bonchev–Trinajstić information content (AvgIpc) is 2.54. The molecule has 1 aromatic rings. The minimum atomic E-state index is -0.605. The van der Waals surface area contributed by atoms with Gasteiger partial charge in [0.1, 0.15) is 0 Å². The molecule has 6 nitrogen and oxygen atoms in total. The van der Waals surface area contributed by atoms with E-state index in [1.165, 1.54) is 13.2 Å². The first kappa shape index (κ1) is 19.3. The zero-order chi connectivity index (χ0) is 17.4. The minimum absolute atomic E-state index is 0.0425. The smallest absolute Gasteiger partial charge is 0.338 e. The van der Waals surface area contributed by atoms with E-state index in [-0.39, 0.29) is 24.1 Å². The van der Waals surface area contributed by atoms with Crippen LogP contribution in [-0.4, -0.2) is 38.2 Å². The van der Waals surface area contributed by atoms with E-state index in [0.29, 0.717) is 22.6 Å². The van der Waals surface area contributed by atoms with Gasteiger partial charge in [0.15, 0.2) is 18.1 Å². The number of halogens is 1. The molecule has 1 atom stereocenters. The fourth-order valence-corrected chi connectivity index (χ4v) is 2.31. The Balaban J connectivity index is 2.77. The van der Waals surface area contributed by atoms with Crippen LogP contribution in [-0.2, 0) is 9.53 Å². The molecule has 0 aliphatic rings. The Hall–Kier alpha value is -1.76. The molecule has 0 aliphatic heterocycles. The molecule has 128 valence electrons. The van der Waals surface area contributed by atoms with Gasteiger partial charge in [-0.3, -0.25) is 4.79 Å². The minimum Gasteiger partial charge on any atom is -0.493 e. The summed E-state index contributed by atoms with van der Waals surface area (Å²) in [5.41, 5.74) is 0.272. The van der Waals surface area contributed by atoms with E-state index < -0.39 is 5.97 Å². The zero-order valence-electron chi connectivity index (χ0n) is 13.8. The van der Waals surface area contributed by atoms with Gasteiger partial charge < -0.3 is 19.5 Å². The van der Waals surface area contributed by atoms with Crippen LogP contribution in [0.25, 0.3) is 0 Å². The summed E-state index contributed by atoms with van der Waals surface area (Å²) in [7, 11) is 1.49. The molecule has 0 aliphatic carbocycles. The Morgan fingerprint density at radius 2 is 2.00 bits per heavy atom. The Bertz CT molecular complexity index is 562. The van der Waals surface area contributed by atoms with E-state index in [4.69, 9.17) is 14.2 Å². The zero-order valence-corrected chi connectivity index (χ0v) is 15.4. The molecule has 1 N–H and O–H groups in total. The lowest BCUT2D eigenvalue weighted by Crippen LogP contribution is -2.35. The van der Waals surface area contributed by atoms with E-state index in [0.717, 1.165) is 6.42 Å². The Morgan fingerprint density at radius 3 is 2.57 bits per heavy atom. The lowest BCUT2D eigenvalue weighted by atomic mass is 10.2. The molecule has 1 rings (SSSR count). The summed E-state index contributed by atoms with van der Waals surface area (Å²) >= 11 is 3.34. The van der Waals surface area contributed by atoms with Gasteiger partial charge in [0, 0.05) is 6.04 Å². The number of rotatable bonds is 8. The van der Waals surface area contributed by atoms with Crippen molar-refractivity contribution in [3.63, 3.8) is 0 Å². The van der Waals surface area contributed by atoms with Crippen molar-refractivity contribution in [2.75, 3.05) is 20.3 Å². The second kappa shape index (κ2) is 9.39. The van der Waals surface area contributed by atoms with Gasteiger partial charge in [-0.1, -0.05) is 6.92 Å². The van der Waals surface area contributed by atoms with Crippen LogP contribution in [0.2, 0.25) is 0 Å². The fraction of sp³-hybridized carbons (Fsp3) is 0.500. The highest BCUT2D eigenvalue weighted by Gasteiger charge is 2.17. The molecular weight excluding hydrogens is 366 g/mol. The van der Waals surface area contributed by atoms with Crippen molar-refractivity contribution in [2.45, 2.75) is 33.2 Å². The summed E-state index contributed by atoms with van der Waals surface area (Å²) in [6.45, 7) is 5.84. The van der Waals surface area contributed by atoms with Gasteiger partial charge >= 0.3 is 5.97 Å². The van der Waals surface area contributed by atoms with E-state index in [1.54, 1.807) is 6.07 Å². The topological polar surface area (TPSA) is 73.9 Å². The van der Waals surface area contributed by atoms with E-state index in [1.807, 2.05) is 20.8 Å². The van der Waals surface area contributed by atoms with Crippen molar-refractivity contribution in [2.24, 2.45) is 0 Å². The molecule has 1 aromatic carbocycles. The number of amides is 1. The van der Waals surface area contributed by atoms with Crippen molar-refractivity contribution >= 4 is 27.8 Å². The van der Waals surface area contributed by atoms with Crippen LogP contribution in [0.1, 0.15) is 37.6 Å². The van der Waals surface area contributed by atoms with Gasteiger partial charge in [-0.25, -0.2) is 4.79 Å². The Kier molecular flexibility index (Phi) is 7.88. The molecule has 0 fully saturated rings. The molecule has 0 spiro atoms. The fourth-order valence-electron chi connectivity index (χ4n) is 1.76. The third kappa shape index (κ3) is 5.74. The second-order valence-electron chi connectivity index (χ2n) is 4.88. The number of hydrogen-bond donors (Lipinski definition) is 1. The van der Waals surface area contributed by atoms with Crippen LogP contribution >= 0.6 is 15.9 Å². The number of hydrogen-bond acceptors (Lipinski definition) is 5. The van der Waals surface area contributed by atoms with Gasteiger partial charge in [-0.15, -0.1) is 0 Å². The SMILES string of the molecule is CCOc1c(Br)cc(C(=O)OCC(=O)N[C@@H](C)CC)cc1OC. The van der Waals surface area contributed by atoms with Gasteiger partial charge in [0.05, 0.1) is 23.8 Å². The molecule has 0 saturated heterocycles. The van der Waals surface area contributed by atoms with Gasteiger partial charge in [0.25, 0.3) is 5.91 Å². The summed E-state index contributed by atoms with van der Waals surface area (Å²) in [5, 5.41) is 2.73. The van der Waals surface area contributed by atoms with Crippen molar-refractivity contribution in [1.82, 2.24) is 5.32 Å². The summed E-state index contributed by atoms with van der Waals surface area (Å²) in [4.78, 5) is 23.7. The number of esters is 1. The Labute approximate surface area is 144 Å². The highest BCUT2D eigenvalue weighted by atomic mass is 79.9. The van der Waals surface area contributed by atoms with Crippen molar-refractivity contribution in [3.8, 4) is 11.5 Å². The van der Waals surface area contributed by atoms with E-state index >= 15 is 0 Å². The monoisotopic (exact) mass is 387 g/mol. The molecule has 0 bridgehead atoms. The second-order valence-corrected chi connectivity index (χ2v) is 5.73. The molecule has 0 radical (unpaired) electrons. The largest absolute Gasteiger partial charge is 0.493 e. The molecule has 0 aromatic heterocycles. The number of carbonyl (C=O) groups is 2. The molecule has 0 unspecified atom stereocenters. The van der Waals surface area contributed by atoms with Crippen molar-refractivity contribution in [3.05, 3.63) is 22.2 Å². The molecule has 0 saturated carbocycles. The predicted octanol–water partition coefficient (Wildman–Crippen LogP) is 2.93. The maximum Gasteiger partial charge on any atom is 0.338 e. The highest BCUT2D eigenvalue weighted by molar-refractivity contribution is 9.10. The third-order valence-electron chi connectivity index (χ3n) is 3.11. The maximum absolute atomic E-state index is 12.1. The summed E-state index contributed by atoms with van der Waals surface area (Å²) in [6, 6.07) is 3.13. The summed E-state index contributed by atoms with van der Waals surface area (Å²) in [5.74, 6) is -0.00527. The van der Waals surface area contributed by atoms with Crippen LogP contribution in [0.5, 0.6) is 11.5 Å². The summed E-state index contributed by atoms with van der Waals surface area (Å²) < 4.78 is 16.3. The van der Waals surface area contributed by atoms with Crippen LogP contribution < -0.4 is 14.8 Å². The quantitative estimate of drug-likeness (QED) is 0.694. The predicted molar refractivity (Wildman–Crippen MR) is 90.0 cm³/mol. The first-order valence-electron chi connectivity index (χ1n) is 7.39. The van der Waals surface area contributed by atoms with Crippen molar-refractivity contribution in [1.29, 1.82) is 0 Å². The molecular formula is C16H22BrNO5. The van der Waals surface area contributed by atoms with Crippen LogP contribution in [0, 0.1) is 0 Å². The maximum atomic E-state index is 12.1. The van der Waals surface area contributed by atoms with Gasteiger partial charge in [-0.05, 0) is 48.3 Å². The number of carbonyl (C=O) groups excluding carboxylic acids is 2. The number of ether oxygens (including phenoxy) is 3. The highest BCUT2D eigenvalue weighted by Crippen LogP contribution is 2.36. The summed E-state index contributed by atoms with van der Waals surface area (Å²) in [6.07, 6.45) is 0.808. The normalized spacial score (nSPS) is 11.5. The number of methoxy groups -OCH3 is 1. The van der Waals surface area contributed by atoms with Gasteiger partial charge in [0.2, 0.25) is 0 Å². The Morgan fingerprint density at radius 1 is 1.30 bits per heavy atom. The third-order valence-corrected chi connectivity index (χ3v) is 3.70.